The van der Waals surface area contributed by atoms with Crippen molar-refractivity contribution in [2.75, 3.05) is 19.7 Å². The lowest BCUT2D eigenvalue weighted by molar-refractivity contribution is -0.148. The Hall–Kier alpha value is -1.69. The van der Waals surface area contributed by atoms with Crippen molar-refractivity contribution in [2.24, 2.45) is 0 Å². The summed E-state index contributed by atoms with van der Waals surface area (Å²) in [5.41, 5.74) is 0.727. The standard InChI is InChI=1S/C13H18N2O3S/c1-4-6-15(8-13(17)18-5-2)12(16)7-11-9-19-10(3)14-11/h4,9H,1,5-8H2,2-3H3. The van der Waals surface area contributed by atoms with Gasteiger partial charge in [-0.15, -0.1) is 17.9 Å². The van der Waals surface area contributed by atoms with Crippen LogP contribution in [0.15, 0.2) is 18.0 Å². The lowest BCUT2D eigenvalue weighted by atomic mass is 10.3. The molecule has 1 aromatic heterocycles. The molecule has 1 heterocycles. The molecule has 6 heteroatoms. The minimum absolute atomic E-state index is 0.0538. The molecule has 0 unspecified atom stereocenters. The van der Waals surface area contributed by atoms with Crippen molar-refractivity contribution in [1.29, 1.82) is 0 Å². The first-order valence-corrected chi connectivity index (χ1v) is 6.90. The maximum absolute atomic E-state index is 12.1. The third-order valence-electron chi connectivity index (χ3n) is 2.33. The van der Waals surface area contributed by atoms with Gasteiger partial charge in [-0.2, -0.15) is 0 Å². The van der Waals surface area contributed by atoms with E-state index < -0.39 is 5.97 Å². The predicted molar refractivity (Wildman–Crippen MR) is 74.0 cm³/mol. The SMILES string of the molecule is C=CCN(CC(=O)OCC)C(=O)Cc1csc(C)n1. The molecule has 0 radical (unpaired) electrons. The highest BCUT2D eigenvalue weighted by Gasteiger charge is 2.17. The third kappa shape index (κ3) is 5.21. The second-order valence-corrected chi connectivity index (χ2v) is 4.96. The van der Waals surface area contributed by atoms with Crippen molar-refractivity contribution in [2.45, 2.75) is 20.3 Å². The number of ether oxygens (including phenoxy) is 1. The second-order valence-electron chi connectivity index (χ2n) is 3.90. The van der Waals surface area contributed by atoms with Gasteiger partial charge in [0, 0.05) is 11.9 Å². The highest BCUT2D eigenvalue weighted by Crippen LogP contribution is 2.09. The van der Waals surface area contributed by atoms with Crippen molar-refractivity contribution >= 4 is 23.2 Å². The average Bonchev–Trinajstić information content (AvgIpc) is 2.74. The summed E-state index contributed by atoms with van der Waals surface area (Å²) in [5, 5.41) is 2.77. The molecule has 0 bridgehead atoms. The minimum atomic E-state index is -0.410. The highest BCUT2D eigenvalue weighted by atomic mass is 32.1. The van der Waals surface area contributed by atoms with Gasteiger partial charge in [0.2, 0.25) is 5.91 Å². The summed E-state index contributed by atoms with van der Waals surface area (Å²) in [7, 11) is 0. The fourth-order valence-electron chi connectivity index (χ4n) is 1.53. The number of aryl methyl sites for hydroxylation is 1. The van der Waals surface area contributed by atoms with Gasteiger partial charge in [-0.3, -0.25) is 9.59 Å². The van der Waals surface area contributed by atoms with Crippen LogP contribution in [-0.4, -0.2) is 41.5 Å². The van der Waals surface area contributed by atoms with Crippen LogP contribution in [-0.2, 0) is 20.7 Å². The molecular formula is C13H18N2O3S. The van der Waals surface area contributed by atoms with E-state index in [1.54, 1.807) is 13.0 Å². The predicted octanol–water partition coefficient (Wildman–Crippen LogP) is 1.57. The summed E-state index contributed by atoms with van der Waals surface area (Å²) in [6.45, 7) is 7.78. The molecule has 0 aliphatic heterocycles. The molecule has 0 atom stereocenters. The third-order valence-corrected chi connectivity index (χ3v) is 3.15. The van der Waals surface area contributed by atoms with Crippen LogP contribution in [0, 0.1) is 6.92 Å². The van der Waals surface area contributed by atoms with E-state index in [2.05, 4.69) is 11.6 Å². The number of rotatable bonds is 7. The zero-order chi connectivity index (χ0) is 14.3. The van der Waals surface area contributed by atoms with Gasteiger partial charge in [-0.25, -0.2) is 4.98 Å². The summed E-state index contributed by atoms with van der Waals surface area (Å²) in [6.07, 6.45) is 1.78. The van der Waals surface area contributed by atoms with Crippen LogP contribution < -0.4 is 0 Å². The van der Waals surface area contributed by atoms with Gasteiger partial charge in [0.1, 0.15) is 6.54 Å². The summed E-state index contributed by atoms with van der Waals surface area (Å²) in [6, 6.07) is 0. The Kier molecular flexibility index (Phi) is 6.21. The maximum atomic E-state index is 12.1. The van der Waals surface area contributed by atoms with Gasteiger partial charge in [0.05, 0.1) is 23.7 Å². The second kappa shape index (κ2) is 7.68. The van der Waals surface area contributed by atoms with E-state index in [1.807, 2.05) is 12.3 Å². The number of esters is 1. The normalized spacial score (nSPS) is 10.0. The monoisotopic (exact) mass is 282 g/mol. The van der Waals surface area contributed by atoms with Crippen LogP contribution in [0.3, 0.4) is 0 Å². The molecule has 1 aromatic rings. The Morgan fingerprint density at radius 3 is 2.84 bits per heavy atom. The summed E-state index contributed by atoms with van der Waals surface area (Å²) < 4.78 is 4.84. The van der Waals surface area contributed by atoms with E-state index in [1.165, 1.54) is 16.2 Å². The molecule has 0 spiro atoms. The average molecular weight is 282 g/mol. The number of carbonyl (C=O) groups excluding carboxylic acids is 2. The van der Waals surface area contributed by atoms with Crippen LogP contribution in [0.1, 0.15) is 17.6 Å². The lowest BCUT2D eigenvalue weighted by Crippen LogP contribution is -2.37. The van der Waals surface area contributed by atoms with Crippen LogP contribution in [0.25, 0.3) is 0 Å². The van der Waals surface area contributed by atoms with Gasteiger partial charge in [-0.1, -0.05) is 6.08 Å². The smallest absolute Gasteiger partial charge is 0.325 e. The quantitative estimate of drug-likeness (QED) is 0.562. The molecule has 1 rings (SSSR count). The number of thiazole rings is 1. The molecular weight excluding hydrogens is 264 g/mol. The van der Waals surface area contributed by atoms with E-state index >= 15 is 0 Å². The fourth-order valence-corrected chi connectivity index (χ4v) is 2.14. The van der Waals surface area contributed by atoms with Crippen molar-refractivity contribution in [1.82, 2.24) is 9.88 Å². The topological polar surface area (TPSA) is 59.5 Å². The number of carbonyl (C=O) groups is 2. The summed E-state index contributed by atoms with van der Waals surface area (Å²) in [5.74, 6) is -0.564. The van der Waals surface area contributed by atoms with Gasteiger partial charge in [-0.05, 0) is 13.8 Å². The van der Waals surface area contributed by atoms with Crippen LogP contribution in [0.5, 0.6) is 0 Å². The Morgan fingerprint density at radius 1 is 1.58 bits per heavy atom. The van der Waals surface area contributed by atoms with E-state index in [0.29, 0.717) is 13.2 Å². The number of hydrogen-bond donors (Lipinski definition) is 0. The molecule has 5 nitrogen and oxygen atoms in total. The highest BCUT2D eigenvalue weighted by molar-refractivity contribution is 7.09. The zero-order valence-electron chi connectivity index (χ0n) is 11.2. The van der Waals surface area contributed by atoms with Crippen molar-refractivity contribution in [3.05, 3.63) is 28.7 Å². The first kappa shape index (κ1) is 15.4. The Bertz CT molecular complexity index is 456. The Balaban J connectivity index is 2.61. The van der Waals surface area contributed by atoms with Gasteiger partial charge >= 0.3 is 5.97 Å². The van der Waals surface area contributed by atoms with Gasteiger partial charge in [0.15, 0.2) is 0 Å². The summed E-state index contributed by atoms with van der Waals surface area (Å²) >= 11 is 1.50. The number of nitrogens with zero attached hydrogens (tertiary/aromatic N) is 2. The molecule has 0 saturated carbocycles. The first-order chi connectivity index (χ1) is 9.06. The first-order valence-electron chi connectivity index (χ1n) is 6.02. The Labute approximate surface area is 116 Å². The molecule has 0 fully saturated rings. The van der Waals surface area contributed by atoms with Crippen molar-refractivity contribution in [3.63, 3.8) is 0 Å². The van der Waals surface area contributed by atoms with Crippen LogP contribution >= 0.6 is 11.3 Å². The zero-order valence-corrected chi connectivity index (χ0v) is 12.0. The van der Waals surface area contributed by atoms with Gasteiger partial charge in [0.25, 0.3) is 0 Å². The minimum Gasteiger partial charge on any atom is -0.465 e. The van der Waals surface area contributed by atoms with Crippen LogP contribution in [0.2, 0.25) is 0 Å². The van der Waals surface area contributed by atoms with Gasteiger partial charge < -0.3 is 9.64 Å². The molecule has 19 heavy (non-hydrogen) atoms. The molecule has 0 aliphatic carbocycles. The lowest BCUT2D eigenvalue weighted by Gasteiger charge is -2.19. The van der Waals surface area contributed by atoms with Crippen LogP contribution in [0.4, 0.5) is 0 Å². The molecule has 0 aliphatic rings. The molecule has 0 aromatic carbocycles. The fraction of sp³-hybridized carbons (Fsp3) is 0.462. The van der Waals surface area contributed by atoms with Crippen molar-refractivity contribution < 1.29 is 14.3 Å². The molecule has 1 amide bonds. The van der Waals surface area contributed by atoms with Crippen molar-refractivity contribution in [3.8, 4) is 0 Å². The van der Waals surface area contributed by atoms with E-state index in [-0.39, 0.29) is 18.9 Å². The number of hydrogen-bond acceptors (Lipinski definition) is 5. The molecule has 0 saturated heterocycles. The number of amides is 1. The van der Waals surface area contributed by atoms with E-state index in [4.69, 9.17) is 4.74 Å². The maximum Gasteiger partial charge on any atom is 0.325 e. The van der Waals surface area contributed by atoms with E-state index in [9.17, 15) is 9.59 Å². The molecule has 104 valence electrons. The summed E-state index contributed by atoms with van der Waals surface area (Å²) in [4.78, 5) is 29.2. The number of aromatic nitrogens is 1. The molecule has 0 N–H and O–H groups in total. The van der Waals surface area contributed by atoms with E-state index in [0.717, 1.165) is 10.7 Å². The Morgan fingerprint density at radius 2 is 2.32 bits per heavy atom. The largest absolute Gasteiger partial charge is 0.465 e.